The smallest absolute Gasteiger partial charge is 0.211 e. The maximum atomic E-state index is 11.6. The van der Waals surface area contributed by atoms with Gasteiger partial charge in [0.1, 0.15) is 11.5 Å². The Morgan fingerprint density at radius 2 is 2.00 bits per heavy atom. The first-order valence-electron chi connectivity index (χ1n) is 7.16. The molecule has 0 radical (unpaired) electrons. The molecule has 8 heteroatoms. The van der Waals surface area contributed by atoms with E-state index >= 15 is 0 Å². The topological polar surface area (TPSA) is 91.8 Å². The molecule has 0 bridgehead atoms. The van der Waals surface area contributed by atoms with Crippen LogP contribution in [-0.2, 0) is 10.0 Å². The number of rotatable bonds is 3. The van der Waals surface area contributed by atoms with Gasteiger partial charge in [-0.2, -0.15) is 5.10 Å². The molecular weight excluding hydrogens is 302 g/mol. The fraction of sp³-hybridized carbons (Fsp3) is 0.500. The van der Waals surface area contributed by atoms with Crippen LogP contribution in [0.1, 0.15) is 29.6 Å². The molecule has 0 aromatic carbocycles. The molecule has 3 rings (SSSR count). The van der Waals surface area contributed by atoms with Crippen LogP contribution in [0, 0.1) is 13.8 Å². The number of hydrogen-bond donors (Lipinski definition) is 1. The normalized spacial score (nSPS) is 19.7. The molecule has 7 nitrogen and oxygen atoms in total. The number of nitrogens with zero attached hydrogens (tertiary/aromatic N) is 4. The van der Waals surface area contributed by atoms with Gasteiger partial charge in [-0.15, -0.1) is 0 Å². The van der Waals surface area contributed by atoms with Crippen molar-refractivity contribution in [2.75, 3.05) is 19.3 Å². The zero-order valence-electron chi connectivity index (χ0n) is 12.9. The summed E-state index contributed by atoms with van der Waals surface area (Å²) in [6, 6.07) is 3.82. The highest BCUT2D eigenvalue weighted by molar-refractivity contribution is 7.88. The second kappa shape index (κ2) is 5.44. The highest BCUT2D eigenvalue weighted by Crippen LogP contribution is 2.28. The van der Waals surface area contributed by atoms with E-state index in [1.807, 2.05) is 26.0 Å². The van der Waals surface area contributed by atoms with Gasteiger partial charge in [-0.05, 0) is 32.4 Å². The van der Waals surface area contributed by atoms with Crippen molar-refractivity contribution in [2.24, 2.45) is 0 Å². The van der Waals surface area contributed by atoms with E-state index in [1.165, 1.54) is 10.6 Å². The van der Waals surface area contributed by atoms with Crippen LogP contribution in [0.2, 0.25) is 0 Å². The monoisotopic (exact) mass is 321 g/mol. The second-order valence-corrected chi connectivity index (χ2v) is 7.78. The lowest BCUT2D eigenvalue weighted by atomic mass is 10.1. The molecule has 0 aliphatic carbocycles. The minimum atomic E-state index is -3.15. The van der Waals surface area contributed by atoms with Crippen molar-refractivity contribution in [3.8, 4) is 11.4 Å². The van der Waals surface area contributed by atoms with Gasteiger partial charge in [0.25, 0.3) is 0 Å². The molecule has 1 aliphatic rings. The average molecular weight is 321 g/mol. The van der Waals surface area contributed by atoms with Gasteiger partial charge in [0.15, 0.2) is 0 Å². The number of hydrogen-bond acceptors (Lipinski definition) is 5. The van der Waals surface area contributed by atoms with Gasteiger partial charge in [-0.3, -0.25) is 5.10 Å². The quantitative estimate of drug-likeness (QED) is 0.918. The van der Waals surface area contributed by atoms with Gasteiger partial charge in [-0.25, -0.2) is 22.7 Å². The van der Waals surface area contributed by atoms with Crippen molar-refractivity contribution in [3.63, 3.8) is 0 Å². The third-order valence-electron chi connectivity index (χ3n) is 3.83. The maximum absolute atomic E-state index is 11.6. The third-order valence-corrected chi connectivity index (χ3v) is 5.09. The van der Waals surface area contributed by atoms with Gasteiger partial charge >= 0.3 is 0 Å². The van der Waals surface area contributed by atoms with E-state index in [0.29, 0.717) is 18.9 Å². The number of sulfonamides is 1. The lowest BCUT2D eigenvalue weighted by Gasteiger charge is -2.13. The summed E-state index contributed by atoms with van der Waals surface area (Å²) >= 11 is 0. The predicted molar refractivity (Wildman–Crippen MR) is 82.9 cm³/mol. The fourth-order valence-electron chi connectivity index (χ4n) is 2.69. The van der Waals surface area contributed by atoms with Crippen LogP contribution in [0.5, 0.6) is 0 Å². The Morgan fingerprint density at radius 1 is 1.23 bits per heavy atom. The SMILES string of the molecule is Cc1cc(-c2cc(C)[nH]n2)nc([C@H]2CCN(S(C)(=O)=O)C2)n1. The molecule has 1 fully saturated rings. The molecule has 0 spiro atoms. The summed E-state index contributed by atoms with van der Waals surface area (Å²) in [5.74, 6) is 0.732. The summed E-state index contributed by atoms with van der Waals surface area (Å²) < 4.78 is 24.8. The molecule has 2 aromatic rings. The van der Waals surface area contributed by atoms with Crippen LogP contribution in [0.3, 0.4) is 0 Å². The van der Waals surface area contributed by atoms with Crippen LogP contribution in [0.4, 0.5) is 0 Å². The van der Waals surface area contributed by atoms with E-state index in [-0.39, 0.29) is 5.92 Å². The summed E-state index contributed by atoms with van der Waals surface area (Å²) in [7, 11) is -3.15. The zero-order valence-corrected chi connectivity index (χ0v) is 13.7. The highest BCUT2D eigenvalue weighted by Gasteiger charge is 2.31. The molecular formula is C14H19N5O2S. The van der Waals surface area contributed by atoms with Crippen LogP contribution in [-0.4, -0.2) is 52.2 Å². The third kappa shape index (κ3) is 3.02. The summed E-state index contributed by atoms with van der Waals surface area (Å²) in [5, 5.41) is 7.13. The largest absolute Gasteiger partial charge is 0.282 e. The Labute approximate surface area is 129 Å². The first kappa shape index (κ1) is 15.1. The van der Waals surface area contributed by atoms with Gasteiger partial charge in [0.05, 0.1) is 11.9 Å². The van der Waals surface area contributed by atoms with Crippen molar-refractivity contribution >= 4 is 10.0 Å². The van der Waals surface area contributed by atoms with Gasteiger partial charge in [0, 0.05) is 30.4 Å². The van der Waals surface area contributed by atoms with Crippen LogP contribution in [0.15, 0.2) is 12.1 Å². The zero-order chi connectivity index (χ0) is 15.9. The minimum Gasteiger partial charge on any atom is -0.282 e. The molecule has 0 saturated carbocycles. The molecule has 1 atom stereocenters. The Balaban J connectivity index is 1.91. The standard InChI is InChI=1S/C14H19N5O2S/c1-9-6-12(13-7-10(2)17-18-13)16-14(15-9)11-4-5-19(8-11)22(3,20)21/h6-7,11H,4-5,8H2,1-3H3,(H,17,18)/t11-/m0/s1. The number of aryl methyl sites for hydroxylation is 2. The lowest BCUT2D eigenvalue weighted by molar-refractivity contribution is 0.476. The van der Waals surface area contributed by atoms with Gasteiger partial charge in [0.2, 0.25) is 10.0 Å². The molecule has 1 saturated heterocycles. The maximum Gasteiger partial charge on any atom is 0.211 e. The van der Waals surface area contributed by atoms with E-state index in [9.17, 15) is 8.42 Å². The lowest BCUT2D eigenvalue weighted by Crippen LogP contribution is -2.27. The van der Waals surface area contributed by atoms with Gasteiger partial charge in [-0.1, -0.05) is 0 Å². The summed E-state index contributed by atoms with van der Waals surface area (Å²) in [6.07, 6.45) is 1.99. The minimum absolute atomic E-state index is 0.0356. The van der Waals surface area contributed by atoms with Crippen molar-refractivity contribution in [3.05, 3.63) is 29.3 Å². The van der Waals surface area contributed by atoms with E-state index in [2.05, 4.69) is 20.2 Å². The van der Waals surface area contributed by atoms with Crippen molar-refractivity contribution < 1.29 is 8.42 Å². The van der Waals surface area contributed by atoms with Crippen molar-refractivity contribution in [1.82, 2.24) is 24.5 Å². The van der Waals surface area contributed by atoms with E-state index in [4.69, 9.17) is 0 Å². The molecule has 2 aromatic heterocycles. The molecule has 1 aliphatic heterocycles. The first-order valence-corrected chi connectivity index (χ1v) is 9.01. The molecule has 3 heterocycles. The Bertz CT molecular complexity index is 799. The van der Waals surface area contributed by atoms with E-state index < -0.39 is 10.0 Å². The second-order valence-electron chi connectivity index (χ2n) is 5.80. The van der Waals surface area contributed by atoms with Crippen LogP contribution >= 0.6 is 0 Å². The highest BCUT2D eigenvalue weighted by atomic mass is 32.2. The van der Waals surface area contributed by atoms with Crippen LogP contribution in [0.25, 0.3) is 11.4 Å². The molecule has 22 heavy (non-hydrogen) atoms. The first-order chi connectivity index (χ1) is 10.3. The summed E-state index contributed by atoms with van der Waals surface area (Å²) in [6.45, 7) is 4.82. The number of aromatic nitrogens is 4. The van der Waals surface area contributed by atoms with E-state index in [0.717, 1.165) is 29.2 Å². The van der Waals surface area contributed by atoms with Crippen molar-refractivity contribution in [2.45, 2.75) is 26.2 Å². The molecule has 0 unspecified atom stereocenters. The Kier molecular flexibility index (Phi) is 3.73. The number of H-pyrrole nitrogens is 1. The fourth-order valence-corrected chi connectivity index (χ4v) is 3.58. The Morgan fingerprint density at radius 3 is 2.59 bits per heavy atom. The predicted octanol–water partition coefficient (Wildman–Crippen LogP) is 1.23. The average Bonchev–Trinajstić information content (AvgIpc) is 3.05. The molecule has 118 valence electrons. The number of aromatic amines is 1. The molecule has 1 N–H and O–H groups in total. The number of nitrogens with one attached hydrogen (secondary N) is 1. The summed E-state index contributed by atoms with van der Waals surface area (Å²) in [5.41, 5.74) is 3.38. The Hall–Kier alpha value is -1.80. The molecule has 0 amide bonds. The van der Waals surface area contributed by atoms with Crippen LogP contribution < -0.4 is 0 Å². The van der Waals surface area contributed by atoms with Gasteiger partial charge < -0.3 is 0 Å². The van der Waals surface area contributed by atoms with E-state index in [1.54, 1.807) is 0 Å². The van der Waals surface area contributed by atoms with Crippen molar-refractivity contribution in [1.29, 1.82) is 0 Å². The summed E-state index contributed by atoms with van der Waals surface area (Å²) in [4.78, 5) is 9.09.